The summed E-state index contributed by atoms with van der Waals surface area (Å²) in [5.41, 5.74) is 2.33. The van der Waals surface area contributed by atoms with Gasteiger partial charge in [0, 0.05) is 42.2 Å². The van der Waals surface area contributed by atoms with Crippen LogP contribution in [0, 0.1) is 12.3 Å². The fourth-order valence-corrected chi connectivity index (χ4v) is 3.22. The Hall–Kier alpha value is -3.34. The number of terminal acetylenes is 1. The molecular formula is C23H23N3O4. The van der Waals surface area contributed by atoms with Crippen LogP contribution in [0.1, 0.15) is 18.4 Å². The molecule has 0 aliphatic carbocycles. The van der Waals surface area contributed by atoms with Crippen LogP contribution < -0.4 is 14.8 Å². The van der Waals surface area contributed by atoms with Crippen molar-refractivity contribution in [2.24, 2.45) is 0 Å². The molecule has 0 spiro atoms. The lowest BCUT2D eigenvalue weighted by Crippen LogP contribution is -2.16. The molecule has 2 heterocycles. The van der Waals surface area contributed by atoms with Gasteiger partial charge in [0.1, 0.15) is 18.2 Å². The lowest BCUT2D eigenvalue weighted by Gasteiger charge is -2.18. The zero-order valence-corrected chi connectivity index (χ0v) is 16.5. The first-order valence-electron chi connectivity index (χ1n) is 9.87. The monoisotopic (exact) mass is 405 g/mol. The summed E-state index contributed by atoms with van der Waals surface area (Å²) in [6.45, 7) is 1.67. The molecule has 3 aromatic rings. The smallest absolute Gasteiger partial charge is 0.163 e. The molecule has 7 nitrogen and oxygen atoms in total. The van der Waals surface area contributed by atoms with E-state index < -0.39 is 0 Å². The maximum absolute atomic E-state index is 9.09. The highest BCUT2D eigenvalue weighted by Gasteiger charge is 2.20. The van der Waals surface area contributed by atoms with E-state index in [1.54, 1.807) is 0 Å². The number of hydrogen-bond donors (Lipinski definition) is 2. The van der Waals surface area contributed by atoms with E-state index in [0.717, 1.165) is 28.6 Å². The molecule has 1 saturated heterocycles. The summed E-state index contributed by atoms with van der Waals surface area (Å²) in [6.07, 6.45) is 8.34. The second kappa shape index (κ2) is 9.44. The first kappa shape index (κ1) is 20.0. The van der Waals surface area contributed by atoms with Gasteiger partial charge in [0.15, 0.2) is 11.5 Å². The number of fused-ring (bicyclic) bond motifs is 1. The number of aromatic nitrogens is 2. The number of anilines is 2. The number of aliphatic hydroxyl groups is 1. The quantitative estimate of drug-likeness (QED) is 0.439. The molecule has 2 N–H and O–H groups in total. The predicted octanol–water partition coefficient (Wildman–Crippen LogP) is 3.28. The van der Waals surface area contributed by atoms with Crippen LogP contribution in [0.2, 0.25) is 0 Å². The standard InChI is InChI=1S/C23H23N3O4/c1-2-16-5-3-6-17(11-16)26-23-19-12-21(29-9-4-8-27)22(13-20(19)24-15-25-23)30-18-7-10-28-14-18/h1,3,5-6,11-13,15,18,27H,4,7-10,14H2,(H,24,25,26)/t18-/m1/s1. The number of rotatable bonds is 8. The Bertz CT molecular complexity index is 1060. The van der Waals surface area contributed by atoms with Gasteiger partial charge in [-0.15, -0.1) is 6.42 Å². The second-order valence-corrected chi connectivity index (χ2v) is 6.92. The molecule has 0 radical (unpaired) electrons. The zero-order valence-electron chi connectivity index (χ0n) is 16.5. The van der Waals surface area contributed by atoms with Gasteiger partial charge in [0.25, 0.3) is 0 Å². The van der Waals surface area contributed by atoms with E-state index in [9.17, 15) is 0 Å². The van der Waals surface area contributed by atoms with E-state index in [-0.39, 0.29) is 12.7 Å². The van der Waals surface area contributed by atoms with Crippen LogP contribution in [0.15, 0.2) is 42.7 Å². The van der Waals surface area contributed by atoms with Crippen LogP contribution in [-0.4, -0.2) is 47.6 Å². The molecule has 0 unspecified atom stereocenters. The maximum atomic E-state index is 9.09. The van der Waals surface area contributed by atoms with Crippen molar-refractivity contribution in [2.75, 3.05) is 31.7 Å². The first-order valence-corrected chi connectivity index (χ1v) is 9.87. The van der Waals surface area contributed by atoms with Gasteiger partial charge in [-0.25, -0.2) is 9.97 Å². The minimum Gasteiger partial charge on any atom is -0.490 e. The van der Waals surface area contributed by atoms with E-state index in [4.69, 9.17) is 25.7 Å². The number of aliphatic hydroxyl groups excluding tert-OH is 1. The van der Waals surface area contributed by atoms with E-state index in [1.165, 1.54) is 6.33 Å². The largest absolute Gasteiger partial charge is 0.490 e. The van der Waals surface area contributed by atoms with Crippen LogP contribution in [0.3, 0.4) is 0 Å². The van der Waals surface area contributed by atoms with Crippen molar-refractivity contribution in [1.29, 1.82) is 0 Å². The molecule has 1 aliphatic heterocycles. The van der Waals surface area contributed by atoms with Crippen LogP contribution in [-0.2, 0) is 4.74 Å². The molecule has 1 aromatic heterocycles. The highest BCUT2D eigenvalue weighted by Crippen LogP contribution is 2.36. The lowest BCUT2D eigenvalue weighted by molar-refractivity contribution is 0.137. The molecule has 0 saturated carbocycles. The number of ether oxygens (including phenoxy) is 3. The van der Waals surface area contributed by atoms with Gasteiger partial charge < -0.3 is 24.6 Å². The SMILES string of the molecule is C#Cc1cccc(Nc2ncnc3cc(O[C@@H]4CCOC4)c(OCCCO)cc23)c1. The summed E-state index contributed by atoms with van der Waals surface area (Å²) in [7, 11) is 0. The Labute approximate surface area is 175 Å². The summed E-state index contributed by atoms with van der Waals surface area (Å²) < 4.78 is 17.4. The summed E-state index contributed by atoms with van der Waals surface area (Å²) in [5, 5.41) is 13.2. The molecule has 154 valence electrons. The van der Waals surface area contributed by atoms with Crippen molar-refractivity contribution >= 4 is 22.4 Å². The summed E-state index contributed by atoms with van der Waals surface area (Å²) >= 11 is 0. The maximum Gasteiger partial charge on any atom is 0.163 e. The van der Waals surface area contributed by atoms with Gasteiger partial charge in [-0.3, -0.25) is 0 Å². The number of hydrogen-bond acceptors (Lipinski definition) is 7. The minimum atomic E-state index is -0.0198. The van der Waals surface area contributed by atoms with Gasteiger partial charge in [0.2, 0.25) is 0 Å². The van der Waals surface area contributed by atoms with Gasteiger partial charge in [-0.1, -0.05) is 12.0 Å². The van der Waals surface area contributed by atoms with Crippen molar-refractivity contribution in [2.45, 2.75) is 18.9 Å². The Morgan fingerprint density at radius 2 is 2.17 bits per heavy atom. The van der Waals surface area contributed by atoms with Gasteiger partial charge in [-0.05, 0) is 24.3 Å². The molecule has 0 bridgehead atoms. The van der Waals surface area contributed by atoms with E-state index in [1.807, 2.05) is 36.4 Å². The fourth-order valence-electron chi connectivity index (χ4n) is 3.22. The van der Waals surface area contributed by atoms with Gasteiger partial charge >= 0.3 is 0 Å². The third-order valence-corrected chi connectivity index (χ3v) is 4.73. The zero-order chi connectivity index (χ0) is 20.8. The van der Waals surface area contributed by atoms with Crippen LogP contribution in [0.5, 0.6) is 11.5 Å². The predicted molar refractivity (Wildman–Crippen MR) is 114 cm³/mol. The van der Waals surface area contributed by atoms with E-state index >= 15 is 0 Å². The Morgan fingerprint density at radius 1 is 1.23 bits per heavy atom. The van der Waals surface area contributed by atoms with Crippen molar-refractivity contribution in [3.05, 3.63) is 48.3 Å². The van der Waals surface area contributed by atoms with Gasteiger partial charge in [0.05, 0.1) is 25.3 Å². The minimum absolute atomic E-state index is 0.0198. The van der Waals surface area contributed by atoms with Crippen LogP contribution >= 0.6 is 0 Å². The third-order valence-electron chi connectivity index (χ3n) is 4.73. The third kappa shape index (κ3) is 4.62. The molecule has 2 aromatic carbocycles. The van der Waals surface area contributed by atoms with Crippen molar-refractivity contribution < 1.29 is 19.3 Å². The molecule has 1 aliphatic rings. The molecule has 4 rings (SSSR count). The van der Waals surface area contributed by atoms with Crippen LogP contribution in [0.4, 0.5) is 11.5 Å². The topological polar surface area (TPSA) is 85.7 Å². The molecule has 30 heavy (non-hydrogen) atoms. The van der Waals surface area contributed by atoms with Crippen LogP contribution in [0.25, 0.3) is 10.9 Å². The summed E-state index contributed by atoms with van der Waals surface area (Å²) in [4.78, 5) is 8.80. The molecule has 1 fully saturated rings. The normalized spacial score (nSPS) is 15.7. The average Bonchev–Trinajstić information content (AvgIpc) is 3.28. The average molecular weight is 405 g/mol. The Balaban J connectivity index is 1.69. The van der Waals surface area contributed by atoms with Gasteiger partial charge in [-0.2, -0.15) is 0 Å². The lowest BCUT2D eigenvalue weighted by atomic mass is 10.1. The number of benzene rings is 2. The molecule has 7 heteroatoms. The first-order chi connectivity index (χ1) is 14.8. The highest BCUT2D eigenvalue weighted by atomic mass is 16.6. The van der Waals surface area contributed by atoms with E-state index in [2.05, 4.69) is 21.2 Å². The number of nitrogens with zero attached hydrogens (tertiary/aromatic N) is 2. The van der Waals surface area contributed by atoms with Crippen molar-refractivity contribution in [1.82, 2.24) is 9.97 Å². The Kier molecular flexibility index (Phi) is 6.28. The number of nitrogens with one attached hydrogen (secondary N) is 1. The van der Waals surface area contributed by atoms with Crippen molar-refractivity contribution in [3.63, 3.8) is 0 Å². The molecular weight excluding hydrogens is 382 g/mol. The van der Waals surface area contributed by atoms with E-state index in [0.29, 0.717) is 43.6 Å². The second-order valence-electron chi connectivity index (χ2n) is 6.92. The Morgan fingerprint density at radius 3 is 2.97 bits per heavy atom. The highest BCUT2D eigenvalue weighted by molar-refractivity contribution is 5.93. The molecule has 0 amide bonds. The summed E-state index contributed by atoms with van der Waals surface area (Å²) in [6, 6.07) is 11.3. The fraction of sp³-hybridized carbons (Fsp3) is 0.304. The van der Waals surface area contributed by atoms with Crippen molar-refractivity contribution in [3.8, 4) is 23.8 Å². The molecule has 1 atom stereocenters. The summed E-state index contributed by atoms with van der Waals surface area (Å²) in [5.74, 6) is 4.45.